The van der Waals surface area contributed by atoms with Crippen molar-refractivity contribution in [2.45, 2.75) is 97.1 Å². The van der Waals surface area contributed by atoms with Crippen molar-refractivity contribution in [3.05, 3.63) is 60.2 Å². The topological polar surface area (TPSA) is 102 Å². The highest BCUT2D eigenvalue weighted by atomic mass is 28.3. The van der Waals surface area contributed by atoms with Crippen molar-refractivity contribution in [3.63, 3.8) is 0 Å². The molecular weight excluding hydrogens is 717 g/mol. The van der Waals surface area contributed by atoms with Gasteiger partial charge in [0.25, 0.3) is 0 Å². The molecule has 0 amide bonds. The summed E-state index contributed by atoms with van der Waals surface area (Å²) >= 11 is 0. The van der Waals surface area contributed by atoms with Gasteiger partial charge in [-0.15, -0.1) is 0 Å². The Hall–Kier alpha value is -3.31. The van der Waals surface area contributed by atoms with E-state index in [0.717, 1.165) is 62.7 Å². The van der Waals surface area contributed by atoms with Gasteiger partial charge in [-0.3, -0.25) is 4.57 Å². The zero-order chi connectivity index (χ0) is 38.4. The van der Waals surface area contributed by atoms with E-state index in [0.29, 0.717) is 50.3 Å². The minimum atomic E-state index is -1.29. The molecule has 1 N–H and O–H groups in total. The molecule has 5 aromatic rings. The summed E-state index contributed by atoms with van der Waals surface area (Å²) in [5.74, 6) is 1.91. The minimum absolute atomic E-state index is 0.0941. The first-order valence-electron chi connectivity index (χ1n) is 18.7. The fourth-order valence-corrected chi connectivity index (χ4v) is 8.16. The van der Waals surface area contributed by atoms with E-state index in [1.165, 1.54) is 0 Å². The molecule has 0 aliphatic heterocycles. The van der Waals surface area contributed by atoms with Crippen LogP contribution in [0.4, 0.5) is 0 Å². The van der Waals surface area contributed by atoms with E-state index in [9.17, 15) is 5.11 Å². The van der Waals surface area contributed by atoms with E-state index in [4.69, 9.17) is 33.8 Å². The number of aromatic nitrogens is 4. The average Bonchev–Trinajstić information content (AvgIpc) is 3.64. The molecule has 2 heterocycles. The summed E-state index contributed by atoms with van der Waals surface area (Å²) in [5, 5.41) is 16.8. The normalized spacial score (nSPS) is 12.7. The summed E-state index contributed by atoms with van der Waals surface area (Å²) in [5.41, 5.74) is 5.91. The fourth-order valence-electron chi connectivity index (χ4n) is 5.89. The molecule has 0 atom stereocenters. The van der Waals surface area contributed by atoms with Crippen molar-refractivity contribution in [1.82, 2.24) is 19.3 Å². The molecule has 0 aliphatic carbocycles. The molecule has 0 unspecified atom stereocenters. The van der Waals surface area contributed by atoms with Crippen molar-refractivity contribution in [2.75, 3.05) is 33.7 Å². The summed E-state index contributed by atoms with van der Waals surface area (Å²) in [4.78, 5) is 5.10. The molecule has 0 radical (unpaired) electrons. The second-order valence-corrected chi connectivity index (χ2v) is 34.3. The predicted molar refractivity (Wildman–Crippen MR) is 224 cm³/mol. The summed E-state index contributed by atoms with van der Waals surface area (Å²) in [7, 11) is -2.13. The fraction of sp³-hybridized carbons (Fsp3) is 0.500. The van der Waals surface area contributed by atoms with Gasteiger partial charge in [-0.05, 0) is 59.6 Å². The van der Waals surface area contributed by atoms with Crippen molar-refractivity contribution in [2.24, 2.45) is 0 Å². The second kappa shape index (κ2) is 17.4. The number of aliphatic hydroxyl groups excluding tert-OH is 1. The lowest BCUT2D eigenvalue weighted by Gasteiger charge is -2.18. The van der Waals surface area contributed by atoms with Crippen LogP contribution in [0.3, 0.4) is 0 Å². The molecule has 53 heavy (non-hydrogen) atoms. The predicted octanol–water partition coefficient (Wildman–Crippen LogP) is 9.54. The smallest absolute Gasteiger partial charge is 0.189 e. The lowest BCUT2D eigenvalue weighted by molar-refractivity contribution is 0.0208. The van der Waals surface area contributed by atoms with Crippen molar-refractivity contribution in [1.29, 1.82) is 0 Å². The molecule has 0 bridgehead atoms. The quantitative estimate of drug-likeness (QED) is 0.0474. The van der Waals surface area contributed by atoms with Crippen LogP contribution >= 0.6 is 0 Å². The number of methoxy groups -OCH3 is 1. The summed E-state index contributed by atoms with van der Waals surface area (Å²) in [6, 6.07) is 21.3. The Kier molecular flexibility index (Phi) is 13.4. The van der Waals surface area contributed by atoms with E-state index < -0.39 is 24.2 Å². The molecule has 0 saturated carbocycles. The maximum Gasteiger partial charge on any atom is 0.189 e. The number of ether oxygens (including phenoxy) is 5. The van der Waals surface area contributed by atoms with Gasteiger partial charge in [0.05, 0.1) is 30.3 Å². The van der Waals surface area contributed by atoms with Gasteiger partial charge in [0, 0.05) is 61.1 Å². The molecular formula is C40H60N4O6Si3. The molecule has 0 fully saturated rings. The first-order valence-corrected chi connectivity index (χ1v) is 29.8. The number of rotatable bonds is 20. The summed E-state index contributed by atoms with van der Waals surface area (Å²) in [6.07, 6.45) is 0. The number of hydrogen-bond donors (Lipinski definition) is 1. The Balaban J connectivity index is 1.56. The number of benzene rings is 3. The van der Waals surface area contributed by atoms with Crippen LogP contribution in [0.1, 0.15) is 5.56 Å². The van der Waals surface area contributed by atoms with Crippen molar-refractivity contribution in [3.8, 4) is 34.1 Å². The van der Waals surface area contributed by atoms with Gasteiger partial charge in [0.2, 0.25) is 0 Å². The maximum absolute atomic E-state index is 10.7. The average molecular weight is 777 g/mol. The lowest BCUT2D eigenvalue weighted by atomic mass is 9.97. The molecule has 3 aromatic carbocycles. The van der Waals surface area contributed by atoms with Crippen LogP contribution in [0, 0.1) is 0 Å². The van der Waals surface area contributed by atoms with Gasteiger partial charge >= 0.3 is 0 Å². The number of hydrogen-bond acceptors (Lipinski definition) is 8. The second-order valence-electron chi connectivity index (χ2n) is 17.4. The minimum Gasteiger partial charge on any atom is -0.497 e. The largest absolute Gasteiger partial charge is 0.497 e. The molecule has 5 rings (SSSR count). The zero-order valence-electron chi connectivity index (χ0n) is 33.5. The Morgan fingerprint density at radius 1 is 0.717 bits per heavy atom. The first-order chi connectivity index (χ1) is 25.1. The highest BCUT2D eigenvalue weighted by Crippen LogP contribution is 2.39. The molecule has 288 valence electrons. The Bertz CT molecular complexity index is 1970. The van der Waals surface area contributed by atoms with Crippen LogP contribution < -0.4 is 9.47 Å². The SMILES string of the molecule is COc1cc(OCOCC[Si](C)(C)C)c(CO)c(-c2ccc3c(-c4nc5ccccc5n4COCC[Si](C)(C)C)nn(COCC[Si](C)(C)C)c3c2)c1. The van der Waals surface area contributed by atoms with Gasteiger partial charge in [0.1, 0.15) is 30.7 Å². The van der Waals surface area contributed by atoms with Crippen LogP contribution in [0.5, 0.6) is 11.5 Å². The molecule has 13 heteroatoms. The third-order valence-corrected chi connectivity index (χ3v) is 14.3. The Labute approximate surface area is 318 Å². The van der Waals surface area contributed by atoms with Gasteiger partial charge in [-0.1, -0.05) is 77.1 Å². The van der Waals surface area contributed by atoms with Crippen LogP contribution in [-0.4, -0.2) is 82.4 Å². The molecule has 0 spiro atoms. The highest BCUT2D eigenvalue weighted by Gasteiger charge is 2.23. The van der Waals surface area contributed by atoms with Crippen LogP contribution in [0.15, 0.2) is 54.6 Å². The van der Waals surface area contributed by atoms with E-state index in [-0.39, 0.29) is 13.4 Å². The Morgan fingerprint density at radius 3 is 2.00 bits per heavy atom. The molecule has 0 saturated heterocycles. The summed E-state index contributed by atoms with van der Waals surface area (Å²) in [6.45, 7) is 23.7. The van der Waals surface area contributed by atoms with E-state index >= 15 is 0 Å². The van der Waals surface area contributed by atoms with Gasteiger partial charge in [0.15, 0.2) is 12.6 Å². The number of aliphatic hydroxyl groups is 1. The van der Waals surface area contributed by atoms with Gasteiger partial charge < -0.3 is 28.8 Å². The van der Waals surface area contributed by atoms with Gasteiger partial charge in [-0.25, -0.2) is 9.67 Å². The standard InChI is InChI=1S/C40H60N4O6Si3/c1-46-31-24-33(34(26-45)38(25-31)50-29-49-19-22-53(8,9)10)30-15-16-32-37(23-30)44(28-48-18-21-52(5,6)7)42-39(32)40-41-35-13-11-12-14-36(35)43(40)27-47-17-20-51(2,3)4/h11-16,23-25,45H,17-22,26-29H2,1-10H3. The van der Waals surface area contributed by atoms with Crippen LogP contribution in [-0.2, 0) is 34.3 Å². The first kappa shape index (κ1) is 40.9. The third-order valence-electron chi connectivity index (χ3n) is 9.23. The zero-order valence-corrected chi connectivity index (χ0v) is 36.5. The van der Waals surface area contributed by atoms with E-state index in [2.05, 4.69) is 87.8 Å². The number of para-hydroxylation sites is 2. The van der Waals surface area contributed by atoms with Crippen LogP contribution in [0.2, 0.25) is 77.1 Å². The van der Waals surface area contributed by atoms with Crippen molar-refractivity contribution >= 4 is 46.2 Å². The van der Waals surface area contributed by atoms with E-state index in [1.54, 1.807) is 13.2 Å². The lowest BCUT2D eigenvalue weighted by Crippen LogP contribution is -2.22. The van der Waals surface area contributed by atoms with Crippen molar-refractivity contribution < 1.29 is 28.8 Å². The molecule has 0 aliphatic rings. The van der Waals surface area contributed by atoms with Gasteiger partial charge in [-0.2, -0.15) is 5.10 Å². The highest BCUT2D eigenvalue weighted by molar-refractivity contribution is 6.76. The molecule has 10 nitrogen and oxygen atoms in total. The monoisotopic (exact) mass is 776 g/mol. The third kappa shape index (κ3) is 11.1. The number of nitrogens with zero attached hydrogens (tertiary/aromatic N) is 4. The number of fused-ring (bicyclic) bond motifs is 2. The van der Waals surface area contributed by atoms with E-state index in [1.807, 2.05) is 28.9 Å². The number of imidazole rings is 1. The maximum atomic E-state index is 10.7. The summed E-state index contributed by atoms with van der Waals surface area (Å²) < 4.78 is 34.3. The molecule has 2 aromatic heterocycles. The van der Waals surface area contributed by atoms with Crippen LogP contribution in [0.25, 0.3) is 44.6 Å². The Morgan fingerprint density at radius 2 is 1.36 bits per heavy atom.